The number of esters is 1. The van der Waals surface area contributed by atoms with Crippen LogP contribution in [0.4, 0.5) is 4.79 Å². The summed E-state index contributed by atoms with van der Waals surface area (Å²) in [4.78, 5) is 22.4. The largest absolute Gasteiger partial charge is 0.460 e. The summed E-state index contributed by atoms with van der Waals surface area (Å²) in [5, 5.41) is 2.52. The van der Waals surface area contributed by atoms with E-state index >= 15 is 0 Å². The van der Waals surface area contributed by atoms with E-state index in [1.54, 1.807) is 6.92 Å². The average Bonchev–Trinajstić information content (AvgIpc) is 2.46. The summed E-state index contributed by atoms with van der Waals surface area (Å²) in [6.07, 6.45) is 3.89. The number of nitrogens with one attached hydrogen (secondary N) is 1. The van der Waals surface area contributed by atoms with Crippen LogP contribution in [0.5, 0.6) is 0 Å². The van der Waals surface area contributed by atoms with Gasteiger partial charge in [-0.15, -0.1) is 0 Å². The van der Waals surface area contributed by atoms with Crippen molar-refractivity contribution in [2.45, 2.75) is 39.5 Å². The average molecular weight is 317 g/mol. The number of alkyl carbamates (subject to hydrolysis) is 1. The Morgan fingerprint density at radius 3 is 2.48 bits per heavy atom. The van der Waals surface area contributed by atoms with Crippen LogP contribution in [0.1, 0.15) is 39.5 Å². The molecule has 0 aromatic heterocycles. The molecule has 6 heteroatoms. The Bertz CT molecular complexity index is 321. The molecular formula is C15H27NO4S. The van der Waals surface area contributed by atoms with Gasteiger partial charge in [0.1, 0.15) is 6.61 Å². The summed E-state index contributed by atoms with van der Waals surface area (Å²) in [6.45, 7) is 7.99. The minimum Gasteiger partial charge on any atom is -0.460 e. The molecule has 0 aromatic rings. The molecule has 0 rings (SSSR count). The second kappa shape index (κ2) is 13.8. The van der Waals surface area contributed by atoms with Gasteiger partial charge < -0.3 is 14.8 Å². The van der Waals surface area contributed by atoms with Crippen molar-refractivity contribution in [3.05, 3.63) is 12.2 Å². The van der Waals surface area contributed by atoms with Crippen molar-refractivity contribution in [1.29, 1.82) is 0 Å². The minimum absolute atomic E-state index is 0.121. The molecule has 0 spiro atoms. The molecule has 0 aliphatic rings. The molecule has 0 radical (unpaired) electrons. The molecule has 0 aromatic carbocycles. The van der Waals surface area contributed by atoms with Crippen molar-refractivity contribution in [1.82, 2.24) is 5.32 Å². The number of unbranched alkanes of at least 4 members (excludes halogenated alkanes) is 3. The Hall–Kier alpha value is -1.17. The summed E-state index contributed by atoms with van der Waals surface area (Å²) >= 11 is 1.96. The Morgan fingerprint density at radius 2 is 1.81 bits per heavy atom. The molecule has 0 fully saturated rings. The predicted octanol–water partition coefficient (Wildman–Crippen LogP) is 3.15. The third kappa shape index (κ3) is 13.6. The molecule has 0 bridgehead atoms. The van der Waals surface area contributed by atoms with Gasteiger partial charge >= 0.3 is 12.1 Å². The maximum Gasteiger partial charge on any atom is 0.407 e. The standard InChI is InChI=1S/C15H27NO4S/c1-4-21-12-8-6-5-7-10-20-15(18)16-9-11-19-14(17)13(2)3/h2,4-12H2,1,3H3,(H,16,18). The van der Waals surface area contributed by atoms with Gasteiger partial charge in [-0.2, -0.15) is 11.8 Å². The fraction of sp³-hybridized carbons (Fsp3) is 0.733. The fourth-order valence-electron chi connectivity index (χ4n) is 1.44. The van der Waals surface area contributed by atoms with Crippen molar-refractivity contribution in [3.63, 3.8) is 0 Å². The number of ether oxygens (including phenoxy) is 2. The van der Waals surface area contributed by atoms with Crippen LogP contribution in [0.25, 0.3) is 0 Å². The first-order valence-corrected chi connectivity index (χ1v) is 8.54. The van der Waals surface area contributed by atoms with Gasteiger partial charge in [0, 0.05) is 5.57 Å². The summed E-state index contributed by atoms with van der Waals surface area (Å²) in [6, 6.07) is 0. The lowest BCUT2D eigenvalue weighted by molar-refractivity contribution is -0.138. The zero-order chi connectivity index (χ0) is 15.9. The molecule has 0 saturated heterocycles. The van der Waals surface area contributed by atoms with E-state index in [-0.39, 0.29) is 13.2 Å². The smallest absolute Gasteiger partial charge is 0.407 e. The van der Waals surface area contributed by atoms with Gasteiger partial charge in [-0.3, -0.25) is 0 Å². The van der Waals surface area contributed by atoms with Crippen LogP contribution in [-0.4, -0.2) is 43.3 Å². The number of thioether (sulfide) groups is 1. The van der Waals surface area contributed by atoms with Gasteiger partial charge in [0.05, 0.1) is 13.2 Å². The number of carbonyl (C=O) groups excluding carboxylic acids is 2. The highest BCUT2D eigenvalue weighted by molar-refractivity contribution is 7.99. The summed E-state index contributed by atoms with van der Waals surface area (Å²) in [7, 11) is 0. The number of carbonyl (C=O) groups is 2. The van der Waals surface area contributed by atoms with Gasteiger partial charge in [0.15, 0.2) is 0 Å². The Morgan fingerprint density at radius 1 is 1.10 bits per heavy atom. The van der Waals surface area contributed by atoms with Crippen molar-refractivity contribution >= 4 is 23.8 Å². The molecule has 0 saturated carbocycles. The molecule has 0 heterocycles. The topological polar surface area (TPSA) is 64.6 Å². The van der Waals surface area contributed by atoms with E-state index in [4.69, 9.17) is 9.47 Å². The van der Waals surface area contributed by atoms with Crippen molar-refractivity contribution in [2.24, 2.45) is 0 Å². The van der Waals surface area contributed by atoms with Crippen LogP contribution in [-0.2, 0) is 14.3 Å². The molecule has 122 valence electrons. The zero-order valence-corrected chi connectivity index (χ0v) is 13.9. The highest BCUT2D eigenvalue weighted by Crippen LogP contribution is 2.06. The third-order valence-electron chi connectivity index (χ3n) is 2.57. The van der Waals surface area contributed by atoms with Gasteiger partial charge in [-0.1, -0.05) is 26.3 Å². The van der Waals surface area contributed by atoms with E-state index in [0.29, 0.717) is 12.2 Å². The minimum atomic E-state index is -0.470. The summed E-state index contributed by atoms with van der Waals surface area (Å²) in [5.74, 6) is 1.93. The van der Waals surface area contributed by atoms with E-state index in [0.717, 1.165) is 12.8 Å². The van der Waals surface area contributed by atoms with Crippen molar-refractivity contribution in [2.75, 3.05) is 31.3 Å². The quantitative estimate of drug-likeness (QED) is 0.340. The van der Waals surface area contributed by atoms with Crippen LogP contribution in [0, 0.1) is 0 Å². The van der Waals surface area contributed by atoms with Crippen LogP contribution in [0.3, 0.4) is 0 Å². The SMILES string of the molecule is C=C(C)C(=O)OCCNC(=O)OCCCCCCSCC. The molecule has 1 N–H and O–H groups in total. The van der Waals surface area contributed by atoms with E-state index in [1.165, 1.54) is 24.3 Å². The Labute approximate surface area is 131 Å². The lowest BCUT2D eigenvalue weighted by Gasteiger charge is -2.07. The number of rotatable bonds is 12. The van der Waals surface area contributed by atoms with Crippen LogP contribution >= 0.6 is 11.8 Å². The van der Waals surface area contributed by atoms with Gasteiger partial charge in [-0.25, -0.2) is 9.59 Å². The molecule has 0 aliphatic carbocycles. The lowest BCUT2D eigenvalue weighted by Crippen LogP contribution is -2.29. The Balaban J connectivity index is 3.31. The molecular weight excluding hydrogens is 290 g/mol. The maximum atomic E-state index is 11.3. The molecule has 21 heavy (non-hydrogen) atoms. The summed E-state index contributed by atoms with van der Waals surface area (Å²) < 4.78 is 9.84. The summed E-state index contributed by atoms with van der Waals surface area (Å²) in [5.41, 5.74) is 0.343. The molecule has 1 amide bonds. The highest BCUT2D eigenvalue weighted by Gasteiger charge is 2.04. The normalized spacial score (nSPS) is 10.0. The van der Waals surface area contributed by atoms with Crippen LogP contribution in [0.15, 0.2) is 12.2 Å². The first kappa shape index (κ1) is 19.8. The third-order valence-corrected chi connectivity index (χ3v) is 3.56. The number of hydrogen-bond acceptors (Lipinski definition) is 5. The second-order valence-electron chi connectivity index (χ2n) is 4.59. The molecule has 5 nitrogen and oxygen atoms in total. The van der Waals surface area contributed by atoms with Gasteiger partial charge in [-0.05, 0) is 31.3 Å². The van der Waals surface area contributed by atoms with Crippen molar-refractivity contribution in [3.8, 4) is 0 Å². The molecule has 0 aliphatic heterocycles. The highest BCUT2D eigenvalue weighted by atomic mass is 32.2. The van der Waals surface area contributed by atoms with E-state index < -0.39 is 12.1 Å². The van der Waals surface area contributed by atoms with Gasteiger partial charge in [0.2, 0.25) is 0 Å². The maximum absolute atomic E-state index is 11.3. The number of amides is 1. The van der Waals surface area contributed by atoms with Gasteiger partial charge in [0.25, 0.3) is 0 Å². The lowest BCUT2D eigenvalue weighted by atomic mass is 10.2. The predicted molar refractivity (Wildman–Crippen MR) is 86.6 cm³/mol. The Kier molecular flexibility index (Phi) is 13.0. The first-order chi connectivity index (χ1) is 10.1. The van der Waals surface area contributed by atoms with Crippen LogP contribution < -0.4 is 5.32 Å². The molecule has 0 unspecified atom stereocenters. The molecule has 0 atom stereocenters. The number of hydrogen-bond donors (Lipinski definition) is 1. The van der Waals surface area contributed by atoms with E-state index in [9.17, 15) is 9.59 Å². The van der Waals surface area contributed by atoms with Crippen LogP contribution in [0.2, 0.25) is 0 Å². The first-order valence-electron chi connectivity index (χ1n) is 7.39. The fourth-order valence-corrected chi connectivity index (χ4v) is 2.14. The second-order valence-corrected chi connectivity index (χ2v) is 5.98. The monoisotopic (exact) mass is 317 g/mol. The van der Waals surface area contributed by atoms with Crippen molar-refractivity contribution < 1.29 is 19.1 Å². The van der Waals surface area contributed by atoms with E-state index in [2.05, 4.69) is 18.8 Å². The van der Waals surface area contributed by atoms with E-state index in [1.807, 2.05) is 11.8 Å². The zero-order valence-electron chi connectivity index (χ0n) is 13.1.